The number of aliphatic hydroxyl groups is 2. The minimum atomic E-state index is -0.897. The van der Waals surface area contributed by atoms with Crippen molar-refractivity contribution in [1.82, 2.24) is 4.57 Å². The summed E-state index contributed by atoms with van der Waals surface area (Å²) in [5, 5.41) is 18.5. The first-order chi connectivity index (χ1) is 6.51. The third-order valence-corrected chi connectivity index (χ3v) is 2.31. The van der Waals surface area contributed by atoms with Gasteiger partial charge in [0.25, 0.3) is 0 Å². The molecule has 4 nitrogen and oxygen atoms in total. The molecule has 0 aliphatic carbocycles. The molecule has 0 saturated heterocycles. The van der Waals surface area contributed by atoms with Crippen LogP contribution in [0.25, 0.3) is 0 Å². The quantitative estimate of drug-likeness (QED) is 0.707. The molecule has 0 aliphatic rings. The molecule has 0 aliphatic heterocycles. The van der Waals surface area contributed by atoms with Crippen LogP contribution in [-0.4, -0.2) is 28.5 Å². The number of ether oxygens (including phenoxy) is 1. The lowest BCUT2D eigenvalue weighted by molar-refractivity contribution is -0.0770. The third kappa shape index (κ3) is 2.15. The van der Waals surface area contributed by atoms with Crippen molar-refractivity contribution in [3.8, 4) is 0 Å². The fraction of sp³-hybridized carbons (Fsp3) is 0.600. The SMILES string of the molecule is COC(O)c1ccn(C(C)(C)CO)c1. The van der Waals surface area contributed by atoms with Crippen molar-refractivity contribution in [3.63, 3.8) is 0 Å². The molecule has 0 fully saturated rings. The van der Waals surface area contributed by atoms with Gasteiger partial charge in [0, 0.05) is 25.1 Å². The normalized spacial score (nSPS) is 14.4. The van der Waals surface area contributed by atoms with Crippen LogP contribution in [0.2, 0.25) is 0 Å². The van der Waals surface area contributed by atoms with Crippen molar-refractivity contribution >= 4 is 0 Å². The van der Waals surface area contributed by atoms with Gasteiger partial charge in [0.15, 0.2) is 6.29 Å². The van der Waals surface area contributed by atoms with Crippen LogP contribution in [0.1, 0.15) is 25.7 Å². The lowest BCUT2D eigenvalue weighted by atomic mass is 10.1. The van der Waals surface area contributed by atoms with E-state index in [-0.39, 0.29) is 12.1 Å². The van der Waals surface area contributed by atoms with Gasteiger partial charge in [0.2, 0.25) is 0 Å². The minimum absolute atomic E-state index is 0.0458. The zero-order valence-corrected chi connectivity index (χ0v) is 8.77. The maximum Gasteiger partial charge on any atom is 0.182 e. The Morgan fingerprint density at radius 1 is 1.57 bits per heavy atom. The van der Waals surface area contributed by atoms with E-state index in [9.17, 15) is 5.11 Å². The van der Waals surface area contributed by atoms with E-state index < -0.39 is 6.29 Å². The third-order valence-electron chi connectivity index (χ3n) is 2.31. The lowest BCUT2D eigenvalue weighted by Crippen LogP contribution is -2.29. The summed E-state index contributed by atoms with van der Waals surface area (Å²) in [5.74, 6) is 0. The Bertz CT molecular complexity index is 293. The zero-order chi connectivity index (χ0) is 10.8. The lowest BCUT2D eigenvalue weighted by Gasteiger charge is -2.24. The Morgan fingerprint density at radius 3 is 2.71 bits per heavy atom. The van der Waals surface area contributed by atoms with Gasteiger partial charge in [0.05, 0.1) is 12.1 Å². The first-order valence-corrected chi connectivity index (χ1v) is 4.51. The number of nitrogens with zero attached hydrogens (tertiary/aromatic N) is 1. The summed E-state index contributed by atoms with van der Waals surface area (Å²) < 4.78 is 6.63. The molecule has 0 bridgehead atoms. The largest absolute Gasteiger partial charge is 0.394 e. The van der Waals surface area contributed by atoms with E-state index >= 15 is 0 Å². The molecular weight excluding hydrogens is 182 g/mol. The van der Waals surface area contributed by atoms with Gasteiger partial charge in [-0.05, 0) is 19.9 Å². The Balaban J connectivity index is 2.88. The van der Waals surface area contributed by atoms with Crippen molar-refractivity contribution in [1.29, 1.82) is 0 Å². The molecule has 1 unspecified atom stereocenters. The van der Waals surface area contributed by atoms with Crippen molar-refractivity contribution in [2.45, 2.75) is 25.7 Å². The summed E-state index contributed by atoms with van der Waals surface area (Å²) in [6.45, 7) is 3.87. The molecule has 0 saturated carbocycles. The zero-order valence-electron chi connectivity index (χ0n) is 8.77. The summed E-state index contributed by atoms with van der Waals surface area (Å²) in [4.78, 5) is 0. The molecule has 0 aromatic carbocycles. The molecule has 0 radical (unpaired) electrons. The standard InChI is InChI=1S/C10H17NO3/c1-10(2,7-12)11-5-4-8(6-11)9(13)14-3/h4-6,9,12-13H,7H2,1-3H3. The fourth-order valence-electron chi connectivity index (χ4n) is 1.15. The fourth-order valence-corrected chi connectivity index (χ4v) is 1.15. The molecule has 4 heteroatoms. The molecule has 2 N–H and O–H groups in total. The smallest absolute Gasteiger partial charge is 0.182 e. The highest BCUT2D eigenvalue weighted by atomic mass is 16.6. The average molecular weight is 199 g/mol. The second-order valence-electron chi connectivity index (χ2n) is 3.91. The van der Waals surface area contributed by atoms with E-state index in [0.717, 1.165) is 0 Å². The van der Waals surface area contributed by atoms with Gasteiger partial charge in [-0.2, -0.15) is 0 Å². The summed E-state index contributed by atoms with van der Waals surface area (Å²) in [7, 11) is 1.44. The van der Waals surface area contributed by atoms with Crippen molar-refractivity contribution in [3.05, 3.63) is 24.0 Å². The second-order valence-corrected chi connectivity index (χ2v) is 3.91. The number of hydrogen-bond donors (Lipinski definition) is 2. The molecule has 1 aromatic heterocycles. The molecule has 14 heavy (non-hydrogen) atoms. The van der Waals surface area contributed by atoms with E-state index in [1.54, 1.807) is 12.3 Å². The molecule has 1 rings (SSSR count). The van der Waals surface area contributed by atoms with E-state index in [0.29, 0.717) is 5.56 Å². The maximum atomic E-state index is 9.38. The number of hydrogen-bond acceptors (Lipinski definition) is 3. The molecule has 1 atom stereocenters. The van der Waals surface area contributed by atoms with Crippen LogP contribution < -0.4 is 0 Å². The van der Waals surface area contributed by atoms with Gasteiger partial charge in [-0.1, -0.05) is 0 Å². The van der Waals surface area contributed by atoms with Crippen molar-refractivity contribution in [2.24, 2.45) is 0 Å². The predicted octanol–water partition coefficient (Wildman–Crippen LogP) is 0.853. The number of aliphatic hydroxyl groups excluding tert-OH is 2. The molecule has 0 spiro atoms. The van der Waals surface area contributed by atoms with Crippen LogP contribution in [0.4, 0.5) is 0 Å². The van der Waals surface area contributed by atoms with Crippen LogP contribution in [0.3, 0.4) is 0 Å². The van der Waals surface area contributed by atoms with Crippen LogP contribution in [-0.2, 0) is 10.3 Å². The van der Waals surface area contributed by atoms with Gasteiger partial charge in [0.1, 0.15) is 0 Å². The monoisotopic (exact) mass is 199 g/mol. The summed E-state index contributed by atoms with van der Waals surface area (Å²) in [6, 6.07) is 1.77. The van der Waals surface area contributed by atoms with Gasteiger partial charge < -0.3 is 19.5 Å². The highest BCUT2D eigenvalue weighted by Crippen LogP contribution is 2.20. The van der Waals surface area contributed by atoms with E-state index in [1.165, 1.54) is 7.11 Å². The summed E-state index contributed by atoms with van der Waals surface area (Å²) in [5.41, 5.74) is 0.333. The molecule has 1 heterocycles. The average Bonchev–Trinajstić information content (AvgIpc) is 2.66. The Hall–Kier alpha value is -0.840. The first-order valence-electron chi connectivity index (χ1n) is 4.51. The van der Waals surface area contributed by atoms with E-state index in [2.05, 4.69) is 0 Å². The Labute approximate surface area is 83.7 Å². The molecule has 0 amide bonds. The van der Waals surface area contributed by atoms with Gasteiger partial charge >= 0.3 is 0 Å². The molecule has 1 aromatic rings. The molecular formula is C10H17NO3. The summed E-state index contributed by atoms with van der Waals surface area (Å²) >= 11 is 0. The maximum absolute atomic E-state index is 9.38. The minimum Gasteiger partial charge on any atom is -0.394 e. The number of methoxy groups -OCH3 is 1. The van der Waals surface area contributed by atoms with Gasteiger partial charge in [-0.3, -0.25) is 0 Å². The van der Waals surface area contributed by atoms with Gasteiger partial charge in [-0.15, -0.1) is 0 Å². The predicted molar refractivity (Wildman–Crippen MR) is 52.8 cm³/mol. The Morgan fingerprint density at radius 2 is 2.21 bits per heavy atom. The topological polar surface area (TPSA) is 54.6 Å². The Kier molecular flexibility index (Phi) is 3.31. The highest BCUT2D eigenvalue weighted by Gasteiger charge is 2.19. The second kappa shape index (κ2) is 4.13. The van der Waals surface area contributed by atoms with Crippen molar-refractivity contribution in [2.75, 3.05) is 13.7 Å². The number of aromatic nitrogens is 1. The van der Waals surface area contributed by atoms with Crippen LogP contribution in [0, 0.1) is 0 Å². The van der Waals surface area contributed by atoms with Crippen molar-refractivity contribution < 1.29 is 14.9 Å². The number of rotatable bonds is 4. The summed E-state index contributed by atoms with van der Waals surface area (Å²) in [6.07, 6.45) is 2.68. The van der Waals surface area contributed by atoms with Crippen LogP contribution in [0.15, 0.2) is 18.5 Å². The molecule has 80 valence electrons. The van der Waals surface area contributed by atoms with Crippen LogP contribution >= 0.6 is 0 Å². The van der Waals surface area contributed by atoms with E-state index in [1.807, 2.05) is 24.6 Å². The first kappa shape index (κ1) is 11.2. The van der Waals surface area contributed by atoms with Gasteiger partial charge in [-0.25, -0.2) is 0 Å². The highest BCUT2D eigenvalue weighted by molar-refractivity contribution is 5.13. The van der Waals surface area contributed by atoms with E-state index in [4.69, 9.17) is 9.84 Å². The van der Waals surface area contributed by atoms with Crippen LogP contribution in [0.5, 0.6) is 0 Å².